The molecule has 0 bridgehead atoms. The third-order valence-corrected chi connectivity index (χ3v) is 5.49. The van der Waals surface area contributed by atoms with E-state index in [1.807, 2.05) is 11.8 Å². The van der Waals surface area contributed by atoms with E-state index in [1.54, 1.807) is 17.0 Å². The Hall–Kier alpha value is -1.08. The lowest BCUT2D eigenvalue weighted by molar-refractivity contribution is -0.385. The minimum Gasteiger partial charge on any atom is -0.337 e. The minimum absolute atomic E-state index is 0.0747. The van der Waals surface area contributed by atoms with Crippen molar-refractivity contribution in [3.63, 3.8) is 0 Å². The third kappa shape index (κ3) is 3.15. The lowest BCUT2D eigenvalue weighted by Crippen LogP contribution is -2.41. The number of carbonyl (C=O) groups excluding carboxylic acids is 1. The molecule has 1 fully saturated rings. The van der Waals surface area contributed by atoms with Gasteiger partial charge in [0.15, 0.2) is 0 Å². The number of hydrogen-bond acceptors (Lipinski definition) is 4. The van der Waals surface area contributed by atoms with Crippen LogP contribution in [-0.4, -0.2) is 39.8 Å². The number of hydrogen-bond donors (Lipinski definition) is 0. The van der Waals surface area contributed by atoms with Crippen LogP contribution in [0, 0.1) is 10.1 Å². The van der Waals surface area contributed by atoms with Crippen LogP contribution >= 0.6 is 27.7 Å². The van der Waals surface area contributed by atoms with Crippen LogP contribution in [-0.2, 0) is 0 Å². The third-order valence-electron chi connectivity index (χ3n) is 3.29. The Morgan fingerprint density at radius 3 is 3.00 bits per heavy atom. The van der Waals surface area contributed by atoms with Gasteiger partial charge in [0, 0.05) is 30.2 Å². The van der Waals surface area contributed by atoms with Gasteiger partial charge in [-0.05, 0) is 28.4 Å². The number of carbonyl (C=O) groups is 1. The summed E-state index contributed by atoms with van der Waals surface area (Å²) in [5.41, 5.74) is 0.287. The Morgan fingerprint density at radius 2 is 2.35 bits per heavy atom. The van der Waals surface area contributed by atoms with Crippen LogP contribution in [0.4, 0.5) is 5.69 Å². The topological polar surface area (TPSA) is 63.5 Å². The molecule has 1 aliphatic rings. The second-order valence-corrected chi connectivity index (χ2v) is 6.75. The van der Waals surface area contributed by atoms with E-state index in [2.05, 4.69) is 22.9 Å². The SMILES string of the molecule is CCC1CN(C(=O)c2cccc([N+](=O)[O-])c2Br)CCS1. The second kappa shape index (κ2) is 6.58. The molecule has 1 aromatic carbocycles. The van der Waals surface area contributed by atoms with Gasteiger partial charge in [0.2, 0.25) is 0 Å². The molecular weight excluding hydrogens is 344 g/mol. The quantitative estimate of drug-likeness (QED) is 0.614. The summed E-state index contributed by atoms with van der Waals surface area (Å²) in [4.78, 5) is 24.7. The molecule has 0 aliphatic carbocycles. The second-order valence-electron chi connectivity index (χ2n) is 4.55. The Morgan fingerprint density at radius 1 is 1.60 bits per heavy atom. The summed E-state index contributed by atoms with van der Waals surface area (Å²) in [6.07, 6.45) is 1.02. The first-order valence-corrected chi connectivity index (χ1v) is 8.22. The van der Waals surface area contributed by atoms with Gasteiger partial charge in [-0.2, -0.15) is 11.8 Å². The highest BCUT2D eigenvalue weighted by atomic mass is 79.9. The highest BCUT2D eigenvalue weighted by Gasteiger charge is 2.27. The van der Waals surface area contributed by atoms with Crippen molar-refractivity contribution in [2.45, 2.75) is 18.6 Å². The molecule has 1 aliphatic heterocycles. The van der Waals surface area contributed by atoms with E-state index < -0.39 is 4.92 Å². The van der Waals surface area contributed by atoms with Crippen LogP contribution < -0.4 is 0 Å². The number of rotatable bonds is 3. The molecular formula is C13H15BrN2O3S. The first-order valence-electron chi connectivity index (χ1n) is 6.38. The highest BCUT2D eigenvalue weighted by Crippen LogP contribution is 2.30. The summed E-state index contributed by atoms with van der Waals surface area (Å²) in [5.74, 6) is 0.774. The molecule has 1 heterocycles. The van der Waals surface area contributed by atoms with Gasteiger partial charge < -0.3 is 4.90 Å². The maximum absolute atomic E-state index is 12.5. The van der Waals surface area contributed by atoms with Gasteiger partial charge in [0.25, 0.3) is 11.6 Å². The molecule has 20 heavy (non-hydrogen) atoms. The minimum atomic E-state index is -0.484. The average Bonchev–Trinajstić information content (AvgIpc) is 2.46. The van der Waals surface area contributed by atoms with E-state index in [4.69, 9.17) is 0 Å². The number of nitrogens with zero attached hydrogens (tertiary/aromatic N) is 2. The number of nitro groups is 1. The zero-order chi connectivity index (χ0) is 14.7. The van der Waals surface area contributed by atoms with Gasteiger partial charge >= 0.3 is 0 Å². The average molecular weight is 359 g/mol. The number of nitro benzene ring substituents is 1. The molecule has 0 aromatic heterocycles. The van der Waals surface area contributed by atoms with Crippen molar-refractivity contribution in [3.8, 4) is 0 Å². The smallest absolute Gasteiger partial charge is 0.284 e. The maximum atomic E-state index is 12.5. The Kier molecular flexibility index (Phi) is 5.04. The lowest BCUT2D eigenvalue weighted by Gasteiger charge is -2.32. The van der Waals surface area contributed by atoms with E-state index >= 15 is 0 Å². The first kappa shape index (κ1) is 15.3. The summed E-state index contributed by atoms with van der Waals surface area (Å²) in [5, 5.41) is 11.4. The van der Waals surface area contributed by atoms with Gasteiger partial charge in [-0.25, -0.2) is 0 Å². The van der Waals surface area contributed by atoms with Gasteiger partial charge in [-0.15, -0.1) is 0 Å². The molecule has 5 nitrogen and oxygen atoms in total. The summed E-state index contributed by atoms with van der Waals surface area (Å²) < 4.78 is 0.265. The summed E-state index contributed by atoms with van der Waals surface area (Å²) in [6.45, 7) is 3.50. The van der Waals surface area contributed by atoms with E-state index in [-0.39, 0.29) is 16.1 Å². The number of amides is 1. The molecule has 1 unspecified atom stereocenters. The first-order chi connectivity index (χ1) is 9.54. The zero-order valence-corrected chi connectivity index (χ0v) is 13.4. The van der Waals surface area contributed by atoms with Crippen LogP contribution in [0.5, 0.6) is 0 Å². The Bertz CT molecular complexity index is 538. The summed E-state index contributed by atoms with van der Waals surface area (Å²) in [7, 11) is 0. The molecule has 0 radical (unpaired) electrons. The van der Waals surface area contributed by atoms with Crippen molar-refractivity contribution in [1.29, 1.82) is 0 Å². The molecule has 1 saturated heterocycles. The maximum Gasteiger partial charge on any atom is 0.284 e. The number of benzene rings is 1. The summed E-state index contributed by atoms with van der Waals surface area (Å²) >= 11 is 5.06. The summed E-state index contributed by atoms with van der Waals surface area (Å²) in [6, 6.07) is 4.57. The van der Waals surface area contributed by atoms with Crippen molar-refractivity contribution in [2.24, 2.45) is 0 Å². The molecule has 1 amide bonds. The van der Waals surface area contributed by atoms with E-state index in [0.29, 0.717) is 23.9 Å². The molecule has 0 spiro atoms. The molecule has 7 heteroatoms. The molecule has 0 N–H and O–H groups in total. The lowest BCUT2D eigenvalue weighted by atomic mass is 10.1. The Labute approximate surface area is 130 Å². The molecule has 0 saturated carbocycles. The van der Waals surface area contributed by atoms with E-state index in [9.17, 15) is 14.9 Å². The molecule has 108 valence electrons. The predicted molar refractivity (Wildman–Crippen MR) is 83.2 cm³/mol. The van der Waals surface area contributed by atoms with Crippen molar-refractivity contribution >= 4 is 39.3 Å². The fourth-order valence-corrected chi connectivity index (χ4v) is 3.91. The van der Waals surface area contributed by atoms with Gasteiger partial charge in [0.1, 0.15) is 4.47 Å². The van der Waals surface area contributed by atoms with Crippen molar-refractivity contribution in [2.75, 3.05) is 18.8 Å². The fourth-order valence-electron chi connectivity index (χ4n) is 2.15. The van der Waals surface area contributed by atoms with E-state index in [0.717, 1.165) is 12.2 Å². The van der Waals surface area contributed by atoms with Crippen molar-refractivity contribution in [3.05, 3.63) is 38.3 Å². The normalized spacial score (nSPS) is 18.9. The zero-order valence-electron chi connectivity index (χ0n) is 11.0. The van der Waals surface area contributed by atoms with Crippen molar-refractivity contribution in [1.82, 2.24) is 4.90 Å². The highest BCUT2D eigenvalue weighted by molar-refractivity contribution is 9.10. The molecule has 2 rings (SSSR count). The van der Waals surface area contributed by atoms with Gasteiger partial charge in [-0.1, -0.05) is 13.0 Å². The van der Waals surface area contributed by atoms with Crippen LogP contribution in [0.25, 0.3) is 0 Å². The van der Waals surface area contributed by atoms with Crippen LogP contribution in [0.2, 0.25) is 0 Å². The Balaban J connectivity index is 2.25. The monoisotopic (exact) mass is 358 g/mol. The standard InChI is InChI=1S/C13H15BrN2O3S/c1-2-9-8-15(6-7-20-9)13(17)10-4-3-5-11(12(10)14)16(18)19/h3-5,9H,2,6-8H2,1H3. The molecule has 1 atom stereocenters. The predicted octanol–water partition coefficient (Wildman–Crippen LogP) is 3.32. The van der Waals surface area contributed by atoms with Crippen LogP contribution in [0.1, 0.15) is 23.7 Å². The molecule has 1 aromatic rings. The van der Waals surface area contributed by atoms with Crippen LogP contribution in [0.15, 0.2) is 22.7 Å². The van der Waals surface area contributed by atoms with Crippen LogP contribution in [0.3, 0.4) is 0 Å². The van der Waals surface area contributed by atoms with E-state index in [1.165, 1.54) is 6.07 Å². The van der Waals surface area contributed by atoms with Gasteiger partial charge in [0.05, 0.1) is 10.5 Å². The largest absolute Gasteiger partial charge is 0.337 e. The fraction of sp³-hybridized carbons (Fsp3) is 0.462. The van der Waals surface area contributed by atoms with Gasteiger partial charge in [-0.3, -0.25) is 14.9 Å². The number of thioether (sulfide) groups is 1. The van der Waals surface area contributed by atoms with Crippen molar-refractivity contribution < 1.29 is 9.72 Å². The number of halogens is 1.